The molecule has 5 aromatic rings. The van der Waals surface area contributed by atoms with Gasteiger partial charge in [-0.05, 0) is 35.4 Å². The van der Waals surface area contributed by atoms with Gasteiger partial charge in [-0.3, -0.25) is 9.78 Å². The van der Waals surface area contributed by atoms with Gasteiger partial charge in [-0.15, -0.1) is 0 Å². The average Bonchev–Trinajstić information content (AvgIpc) is 3.31. The van der Waals surface area contributed by atoms with Gasteiger partial charge in [0, 0.05) is 42.3 Å². The van der Waals surface area contributed by atoms with E-state index in [-0.39, 0.29) is 5.91 Å². The molecule has 0 fully saturated rings. The Morgan fingerprint density at radius 1 is 0.943 bits per heavy atom. The van der Waals surface area contributed by atoms with Crippen molar-refractivity contribution in [3.63, 3.8) is 0 Å². The standard InChI is InChI=1S/C28H25N5OS/c1-18(2)30-14-19-12-25-28(31-15-19)35-27(33-25)23-10-6-7-11-24(23)32-26(34)22-13-21(16-29-17-22)20-8-4-3-5-9-20/h3-13,15-18,30H,14H2,1-2H3,(H,32,34). The van der Waals surface area contributed by atoms with Gasteiger partial charge in [-0.25, -0.2) is 9.97 Å². The summed E-state index contributed by atoms with van der Waals surface area (Å²) in [5.41, 5.74) is 5.91. The molecule has 0 saturated heterocycles. The van der Waals surface area contributed by atoms with Crippen molar-refractivity contribution in [2.75, 3.05) is 5.32 Å². The highest BCUT2D eigenvalue weighted by molar-refractivity contribution is 7.21. The Bertz CT molecular complexity index is 1480. The molecule has 0 radical (unpaired) electrons. The summed E-state index contributed by atoms with van der Waals surface area (Å²) in [6.07, 6.45) is 5.23. The van der Waals surface area contributed by atoms with Crippen molar-refractivity contribution < 1.29 is 4.79 Å². The number of hydrogen-bond acceptors (Lipinski definition) is 6. The minimum Gasteiger partial charge on any atom is -0.321 e. The van der Waals surface area contributed by atoms with Crippen molar-refractivity contribution in [2.45, 2.75) is 26.4 Å². The quantitative estimate of drug-likeness (QED) is 0.292. The molecule has 2 aromatic carbocycles. The fourth-order valence-electron chi connectivity index (χ4n) is 3.72. The monoisotopic (exact) mass is 479 g/mol. The number of amides is 1. The summed E-state index contributed by atoms with van der Waals surface area (Å²) in [4.78, 5) is 27.7. The Morgan fingerprint density at radius 2 is 1.74 bits per heavy atom. The number of anilines is 1. The van der Waals surface area contributed by atoms with Gasteiger partial charge in [-0.2, -0.15) is 0 Å². The van der Waals surface area contributed by atoms with Crippen LogP contribution in [0.1, 0.15) is 29.8 Å². The first-order valence-corrected chi connectivity index (χ1v) is 12.3. The van der Waals surface area contributed by atoms with Gasteiger partial charge in [0.2, 0.25) is 0 Å². The molecule has 6 nitrogen and oxygen atoms in total. The van der Waals surface area contributed by atoms with Gasteiger partial charge in [0.25, 0.3) is 5.91 Å². The summed E-state index contributed by atoms with van der Waals surface area (Å²) in [5, 5.41) is 7.27. The van der Waals surface area contributed by atoms with E-state index in [9.17, 15) is 4.79 Å². The lowest BCUT2D eigenvalue weighted by Gasteiger charge is -2.10. The van der Waals surface area contributed by atoms with Crippen LogP contribution in [-0.4, -0.2) is 26.9 Å². The molecule has 7 heteroatoms. The minimum absolute atomic E-state index is 0.219. The highest BCUT2D eigenvalue weighted by Crippen LogP contribution is 2.34. The second-order valence-corrected chi connectivity index (χ2v) is 9.53. The number of aromatic nitrogens is 3. The molecule has 0 spiro atoms. The van der Waals surface area contributed by atoms with Gasteiger partial charge >= 0.3 is 0 Å². The largest absolute Gasteiger partial charge is 0.321 e. The lowest BCUT2D eigenvalue weighted by Crippen LogP contribution is -2.21. The maximum atomic E-state index is 13.1. The van der Waals surface area contributed by atoms with Crippen LogP contribution in [0.25, 0.3) is 32.0 Å². The fourth-order valence-corrected chi connectivity index (χ4v) is 4.65. The molecular weight excluding hydrogens is 454 g/mol. The number of hydrogen-bond donors (Lipinski definition) is 2. The SMILES string of the molecule is CC(C)NCc1cnc2sc(-c3ccccc3NC(=O)c3cncc(-c4ccccc4)c3)nc2c1. The summed E-state index contributed by atoms with van der Waals surface area (Å²) in [5.74, 6) is -0.219. The van der Waals surface area contributed by atoms with Gasteiger partial charge < -0.3 is 10.6 Å². The van der Waals surface area contributed by atoms with Crippen LogP contribution in [0, 0.1) is 0 Å². The number of fused-ring (bicyclic) bond motifs is 1. The lowest BCUT2D eigenvalue weighted by atomic mass is 10.1. The molecule has 0 atom stereocenters. The molecule has 2 N–H and O–H groups in total. The summed E-state index contributed by atoms with van der Waals surface area (Å²) in [6.45, 7) is 4.98. The number of pyridine rings is 2. The number of nitrogens with one attached hydrogen (secondary N) is 2. The molecule has 35 heavy (non-hydrogen) atoms. The molecular formula is C28H25N5OS. The average molecular weight is 480 g/mol. The van der Waals surface area contributed by atoms with Crippen molar-refractivity contribution in [2.24, 2.45) is 0 Å². The molecule has 0 bridgehead atoms. The van der Waals surface area contributed by atoms with Crippen molar-refractivity contribution in [3.8, 4) is 21.7 Å². The van der Waals surface area contributed by atoms with E-state index in [1.54, 1.807) is 12.4 Å². The van der Waals surface area contributed by atoms with E-state index in [1.807, 2.05) is 66.9 Å². The highest BCUT2D eigenvalue weighted by atomic mass is 32.1. The molecule has 1 amide bonds. The summed E-state index contributed by atoms with van der Waals surface area (Å²) >= 11 is 1.51. The zero-order valence-corrected chi connectivity index (χ0v) is 20.3. The summed E-state index contributed by atoms with van der Waals surface area (Å²) in [6, 6.07) is 21.9. The number of thiazole rings is 1. The van der Waals surface area contributed by atoms with E-state index in [4.69, 9.17) is 4.98 Å². The molecule has 0 unspecified atom stereocenters. The van der Waals surface area contributed by atoms with Gasteiger partial charge in [0.15, 0.2) is 0 Å². The number of benzene rings is 2. The normalized spacial score (nSPS) is 11.2. The number of carbonyl (C=O) groups excluding carboxylic acids is 1. The van der Waals surface area contributed by atoms with Crippen molar-refractivity contribution in [1.82, 2.24) is 20.3 Å². The van der Waals surface area contributed by atoms with Crippen molar-refractivity contribution in [1.29, 1.82) is 0 Å². The Balaban J connectivity index is 1.41. The first-order valence-electron chi connectivity index (χ1n) is 11.5. The van der Waals surface area contributed by atoms with E-state index >= 15 is 0 Å². The number of nitrogens with zero attached hydrogens (tertiary/aromatic N) is 3. The van der Waals surface area contributed by atoms with Crippen LogP contribution < -0.4 is 10.6 Å². The van der Waals surface area contributed by atoms with Gasteiger partial charge in [0.05, 0.1) is 11.3 Å². The third kappa shape index (κ3) is 5.26. The smallest absolute Gasteiger partial charge is 0.257 e. The first kappa shape index (κ1) is 22.8. The Kier molecular flexibility index (Phi) is 6.61. The topological polar surface area (TPSA) is 79.8 Å². The Morgan fingerprint density at radius 3 is 2.57 bits per heavy atom. The molecule has 0 aliphatic heterocycles. The zero-order valence-electron chi connectivity index (χ0n) is 19.5. The van der Waals surface area contributed by atoms with Gasteiger partial charge in [0.1, 0.15) is 15.4 Å². The Labute approximate surface area is 208 Å². The van der Waals surface area contributed by atoms with Gasteiger partial charge in [-0.1, -0.05) is 67.6 Å². The van der Waals surface area contributed by atoms with Crippen LogP contribution in [-0.2, 0) is 6.54 Å². The first-order chi connectivity index (χ1) is 17.1. The molecule has 3 aromatic heterocycles. The van der Waals surface area contributed by atoms with Crippen LogP contribution in [0.5, 0.6) is 0 Å². The maximum Gasteiger partial charge on any atom is 0.257 e. The summed E-state index contributed by atoms with van der Waals surface area (Å²) < 4.78 is 0. The maximum absolute atomic E-state index is 13.1. The van der Waals surface area contributed by atoms with E-state index in [0.29, 0.717) is 17.3 Å². The highest BCUT2D eigenvalue weighted by Gasteiger charge is 2.15. The van der Waals surface area contributed by atoms with Crippen LogP contribution in [0.4, 0.5) is 5.69 Å². The Hall–Kier alpha value is -3.94. The molecule has 0 saturated carbocycles. The number of carbonyl (C=O) groups is 1. The fraction of sp³-hybridized carbons (Fsp3) is 0.143. The third-order valence-corrected chi connectivity index (χ3v) is 6.54. The van der Waals surface area contributed by atoms with Crippen LogP contribution in [0.15, 0.2) is 85.3 Å². The molecule has 3 heterocycles. The van der Waals surface area contributed by atoms with Crippen LogP contribution in [0.2, 0.25) is 0 Å². The van der Waals surface area contributed by atoms with E-state index in [1.165, 1.54) is 11.3 Å². The number of para-hydroxylation sites is 1. The third-order valence-electron chi connectivity index (χ3n) is 5.53. The molecule has 5 rings (SSSR count). The van der Waals surface area contributed by atoms with Crippen LogP contribution >= 0.6 is 11.3 Å². The minimum atomic E-state index is -0.219. The number of rotatable bonds is 7. The molecule has 174 valence electrons. The predicted molar refractivity (Wildman–Crippen MR) is 142 cm³/mol. The van der Waals surface area contributed by atoms with Crippen molar-refractivity contribution >= 4 is 33.3 Å². The zero-order chi connectivity index (χ0) is 24.2. The second kappa shape index (κ2) is 10.1. The predicted octanol–water partition coefficient (Wildman–Crippen LogP) is 6.17. The van der Waals surface area contributed by atoms with E-state index < -0.39 is 0 Å². The molecule has 0 aliphatic carbocycles. The second-order valence-electron chi connectivity index (χ2n) is 8.55. The lowest BCUT2D eigenvalue weighted by molar-refractivity contribution is 0.102. The van der Waals surface area contributed by atoms with E-state index in [0.717, 1.165) is 44.2 Å². The summed E-state index contributed by atoms with van der Waals surface area (Å²) in [7, 11) is 0. The van der Waals surface area contributed by atoms with Crippen LogP contribution in [0.3, 0.4) is 0 Å². The molecule has 0 aliphatic rings. The van der Waals surface area contributed by atoms with E-state index in [2.05, 4.69) is 40.5 Å². The van der Waals surface area contributed by atoms with Crippen molar-refractivity contribution in [3.05, 3.63) is 96.4 Å².